The second-order valence-corrected chi connectivity index (χ2v) is 3.97. The van der Waals surface area contributed by atoms with Crippen molar-refractivity contribution in [3.8, 4) is 6.01 Å². The minimum atomic E-state index is 0.212. The summed E-state index contributed by atoms with van der Waals surface area (Å²) in [6.45, 7) is 2.62. The normalized spacial score (nSPS) is 14.9. The Kier molecular flexibility index (Phi) is 3.07. The average molecular weight is 223 g/mol. The zero-order valence-electron chi connectivity index (χ0n) is 9.68. The Labute approximate surface area is 94.9 Å². The molecule has 0 atom stereocenters. The molecule has 0 radical (unpaired) electrons. The smallest absolute Gasteiger partial charge is 0.323 e. The van der Waals surface area contributed by atoms with Crippen LogP contribution in [-0.2, 0) is 0 Å². The summed E-state index contributed by atoms with van der Waals surface area (Å²) in [5.41, 5.74) is 5.62. The number of aromatic nitrogens is 3. The van der Waals surface area contributed by atoms with Crippen molar-refractivity contribution in [3.63, 3.8) is 0 Å². The predicted octanol–water partition coefficient (Wildman–Crippen LogP) is 0.841. The minimum Gasteiger partial charge on any atom is -0.463 e. The second kappa shape index (κ2) is 4.51. The number of hydrogen-bond donors (Lipinski definition) is 1. The summed E-state index contributed by atoms with van der Waals surface area (Å²) in [6.07, 6.45) is 3.29. The predicted molar refractivity (Wildman–Crippen MR) is 61.5 cm³/mol. The van der Waals surface area contributed by atoms with E-state index in [1.54, 1.807) is 0 Å². The van der Waals surface area contributed by atoms with Crippen LogP contribution >= 0.6 is 0 Å². The third-order valence-corrected chi connectivity index (χ3v) is 2.47. The summed E-state index contributed by atoms with van der Waals surface area (Å²) in [7, 11) is 1.97. The molecule has 0 saturated heterocycles. The molecule has 6 nitrogen and oxygen atoms in total. The first kappa shape index (κ1) is 10.9. The zero-order chi connectivity index (χ0) is 11.5. The van der Waals surface area contributed by atoms with Crippen LogP contribution in [-0.4, -0.2) is 34.6 Å². The van der Waals surface area contributed by atoms with E-state index in [-0.39, 0.29) is 5.95 Å². The zero-order valence-corrected chi connectivity index (χ0v) is 9.68. The van der Waals surface area contributed by atoms with Gasteiger partial charge in [0.15, 0.2) is 0 Å². The topological polar surface area (TPSA) is 77.2 Å². The van der Waals surface area contributed by atoms with Gasteiger partial charge >= 0.3 is 6.01 Å². The molecule has 1 heterocycles. The third-order valence-electron chi connectivity index (χ3n) is 2.47. The van der Waals surface area contributed by atoms with Gasteiger partial charge in [0, 0.05) is 13.1 Å². The van der Waals surface area contributed by atoms with Gasteiger partial charge in [-0.05, 0) is 19.3 Å². The van der Waals surface area contributed by atoms with Crippen LogP contribution in [0, 0.1) is 0 Å². The fourth-order valence-corrected chi connectivity index (χ4v) is 1.40. The van der Waals surface area contributed by atoms with Gasteiger partial charge in [0.05, 0.1) is 6.61 Å². The number of rotatable bonds is 5. The molecular formula is C10H17N5O. The van der Waals surface area contributed by atoms with Gasteiger partial charge in [-0.3, -0.25) is 0 Å². The van der Waals surface area contributed by atoms with Crippen molar-refractivity contribution in [1.82, 2.24) is 15.0 Å². The van der Waals surface area contributed by atoms with Gasteiger partial charge in [-0.1, -0.05) is 6.92 Å². The molecule has 1 saturated carbocycles. The number of anilines is 2. The van der Waals surface area contributed by atoms with Crippen molar-refractivity contribution in [2.24, 2.45) is 0 Å². The maximum atomic E-state index is 5.62. The summed E-state index contributed by atoms with van der Waals surface area (Å²) in [4.78, 5) is 14.3. The van der Waals surface area contributed by atoms with Crippen molar-refractivity contribution < 1.29 is 4.74 Å². The van der Waals surface area contributed by atoms with Crippen LogP contribution in [0.4, 0.5) is 11.9 Å². The van der Waals surface area contributed by atoms with Crippen LogP contribution in [0.5, 0.6) is 6.01 Å². The molecular weight excluding hydrogens is 206 g/mol. The van der Waals surface area contributed by atoms with Gasteiger partial charge in [-0.15, -0.1) is 0 Å². The number of nitrogens with two attached hydrogens (primary N) is 1. The van der Waals surface area contributed by atoms with E-state index in [0.29, 0.717) is 24.6 Å². The molecule has 2 rings (SSSR count). The van der Waals surface area contributed by atoms with E-state index in [9.17, 15) is 0 Å². The maximum absolute atomic E-state index is 5.62. The van der Waals surface area contributed by atoms with E-state index in [4.69, 9.17) is 10.5 Å². The van der Waals surface area contributed by atoms with Crippen molar-refractivity contribution in [2.75, 3.05) is 24.3 Å². The highest BCUT2D eigenvalue weighted by molar-refractivity contribution is 5.37. The Morgan fingerprint density at radius 1 is 1.38 bits per heavy atom. The number of hydrogen-bond acceptors (Lipinski definition) is 6. The molecule has 88 valence electrons. The lowest BCUT2D eigenvalue weighted by Gasteiger charge is -2.16. The Morgan fingerprint density at radius 3 is 2.75 bits per heavy atom. The van der Waals surface area contributed by atoms with Crippen LogP contribution in [0.3, 0.4) is 0 Å². The molecule has 0 aromatic carbocycles. The molecule has 1 aliphatic carbocycles. The van der Waals surface area contributed by atoms with Crippen molar-refractivity contribution in [3.05, 3.63) is 0 Å². The summed E-state index contributed by atoms with van der Waals surface area (Å²) in [6, 6.07) is 0.859. The maximum Gasteiger partial charge on any atom is 0.323 e. The molecule has 1 aromatic rings. The van der Waals surface area contributed by atoms with Gasteiger partial charge < -0.3 is 15.4 Å². The van der Waals surface area contributed by atoms with Crippen molar-refractivity contribution in [1.29, 1.82) is 0 Å². The highest BCUT2D eigenvalue weighted by atomic mass is 16.5. The second-order valence-electron chi connectivity index (χ2n) is 3.97. The molecule has 0 unspecified atom stereocenters. The van der Waals surface area contributed by atoms with Crippen LogP contribution in [0.1, 0.15) is 26.2 Å². The molecule has 6 heteroatoms. The third kappa shape index (κ3) is 2.50. The fraction of sp³-hybridized carbons (Fsp3) is 0.700. The molecule has 0 amide bonds. The minimum absolute atomic E-state index is 0.212. The lowest BCUT2D eigenvalue weighted by atomic mass is 10.5. The summed E-state index contributed by atoms with van der Waals surface area (Å²) >= 11 is 0. The first-order valence-corrected chi connectivity index (χ1v) is 5.58. The lowest BCUT2D eigenvalue weighted by molar-refractivity contribution is 0.292. The standard InChI is InChI=1S/C10H17N5O/c1-3-6-16-10-13-8(11)12-9(14-10)15(2)7-4-5-7/h7H,3-6H2,1-2H3,(H2,11,12,13,14). The molecule has 1 aromatic heterocycles. The Bertz CT molecular complexity index is 366. The molecule has 1 aliphatic rings. The first-order valence-electron chi connectivity index (χ1n) is 5.58. The number of nitrogen functional groups attached to an aromatic ring is 1. The van der Waals surface area contributed by atoms with Gasteiger partial charge in [0.25, 0.3) is 0 Å². The van der Waals surface area contributed by atoms with E-state index in [1.165, 1.54) is 12.8 Å². The Morgan fingerprint density at radius 2 is 2.12 bits per heavy atom. The highest BCUT2D eigenvalue weighted by Gasteiger charge is 2.28. The van der Waals surface area contributed by atoms with Gasteiger partial charge in [0.1, 0.15) is 0 Å². The Balaban J connectivity index is 2.14. The Hall–Kier alpha value is -1.59. The van der Waals surface area contributed by atoms with Crippen LogP contribution in [0.2, 0.25) is 0 Å². The van der Waals surface area contributed by atoms with Gasteiger partial charge in [-0.2, -0.15) is 15.0 Å². The van der Waals surface area contributed by atoms with Crippen LogP contribution in [0.15, 0.2) is 0 Å². The molecule has 0 aliphatic heterocycles. The quantitative estimate of drug-likeness (QED) is 0.797. The van der Waals surface area contributed by atoms with Gasteiger partial charge in [-0.25, -0.2) is 0 Å². The lowest BCUT2D eigenvalue weighted by Crippen LogP contribution is -2.23. The van der Waals surface area contributed by atoms with Crippen molar-refractivity contribution in [2.45, 2.75) is 32.2 Å². The summed E-state index contributed by atoms with van der Waals surface area (Å²) in [5, 5.41) is 0. The average Bonchev–Trinajstić information content (AvgIpc) is 3.08. The molecule has 0 bridgehead atoms. The van der Waals surface area contributed by atoms with Crippen molar-refractivity contribution >= 4 is 11.9 Å². The van der Waals surface area contributed by atoms with Crippen LogP contribution < -0.4 is 15.4 Å². The largest absolute Gasteiger partial charge is 0.463 e. The summed E-state index contributed by atoms with van der Waals surface area (Å²) < 4.78 is 5.36. The number of nitrogens with zero attached hydrogens (tertiary/aromatic N) is 4. The molecule has 16 heavy (non-hydrogen) atoms. The highest BCUT2D eigenvalue weighted by Crippen LogP contribution is 2.28. The molecule has 1 fully saturated rings. The van der Waals surface area contributed by atoms with E-state index < -0.39 is 0 Å². The molecule has 0 spiro atoms. The van der Waals surface area contributed by atoms with E-state index >= 15 is 0 Å². The van der Waals surface area contributed by atoms with E-state index in [2.05, 4.69) is 15.0 Å². The summed E-state index contributed by atoms with van der Waals surface area (Å²) in [5.74, 6) is 0.810. The van der Waals surface area contributed by atoms with E-state index in [0.717, 1.165) is 6.42 Å². The monoisotopic (exact) mass is 223 g/mol. The van der Waals surface area contributed by atoms with Gasteiger partial charge in [0.2, 0.25) is 11.9 Å². The number of ether oxygens (including phenoxy) is 1. The fourth-order valence-electron chi connectivity index (χ4n) is 1.40. The van der Waals surface area contributed by atoms with Crippen LogP contribution in [0.25, 0.3) is 0 Å². The SMILES string of the molecule is CCCOc1nc(N)nc(N(C)C2CC2)n1. The van der Waals surface area contributed by atoms with E-state index in [1.807, 2.05) is 18.9 Å². The molecule has 2 N–H and O–H groups in total. The first-order chi connectivity index (χ1) is 7.70.